The standard InChI is InChI=1S/C19H17N3O2/c1-13-14(9-10-20)15-7-5-11-22(19(15)21-13)12-17(23)16-6-3-4-8-18(16)24-2/h3-8,11H,9,12H2,1-2H3. The number of carbonyl (C=O) groups is 1. The number of methoxy groups -OCH3 is 1. The lowest BCUT2D eigenvalue weighted by molar-refractivity contribution is 0.0969. The molecule has 0 N–H and O–H groups in total. The second-order valence-corrected chi connectivity index (χ2v) is 5.51. The summed E-state index contributed by atoms with van der Waals surface area (Å²) in [5.41, 5.74) is 3.22. The van der Waals surface area contributed by atoms with Crippen LogP contribution < -0.4 is 4.74 Å². The van der Waals surface area contributed by atoms with Crippen molar-refractivity contribution >= 4 is 5.78 Å². The lowest BCUT2D eigenvalue weighted by Gasteiger charge is -2.12. The van der Waals surface area contributed by atoms with Crippen LogP contribution in [0.25, 0.3) is 11.4 Å². The number of fused-ring (bicyclic) bond motifs is 1. The van der Waals surface area contributed by atoms with Crippen LogP contribution in [-0.2, 0) is 13.0 Å². The van der Waals surface area contributed by atoms with Gasteiger partial charge >= 0.3 is 0 Å². The molecular weight excluding hydrogens is 302 g/mol. The first-order chi connectivity index (χ1) is 11.7. The van der Waals surface area contributed by atoms with Gasteiger partial charge < -0.3 is 9.30 Å². The van der Waals surface area contributed by atoms with E-state index >= 15 is 0 Å². The van der Waals surface area contributed by atoms with Crippen molar-refractivity contribution in [2.75, 3.05) is 7.11 Å². The molecule has 3 rings (SSSR count). The first-order valence-electron chi connectivity index (χ1n) is 7.63. The molecule has 120 valence electrons. The van der Waals surface area contributed by atoms with Crippen LogP contribution in [0.1, 0.15) is 21.6 Å². The van der Waals surface area contributed by atoms with Crippen molar-refractivity contribution in [3.63, 3.8) is 0 Å². The van der Waals surface area contributed by atoms with Gasteiger partial charge in [-0.15, -0.1) is 0 Å². The van der Waals surface area contributed by atoms with Gasteiger partial charge in [0.05, 0.1) is 31.7 Å². The van der Waals surface area contributed by atoms with Gasteiger partial charge in [0.2, 0.25) is 0 Å². The quantitative estimate of drug-likeness (QED) is 0.677. The fourth-order valence-electron chi connectivity index (χ4n) is 2.87. The molecule has 2 aliphatic heterocycles. The van der Waals surface area contributed by atoms with Gasteiger partial charge in [-0.05, 0) is 36.8 Å². The van der Waals surface area contributed by atoms with Crippen LogP contribution in [0, 0.1) is 18.3 Å². The molecule has 0 fully saturated rings. The zero-order valence-electron chi connectivity index (χ0n) is 13.6. The van der Waals surface area contributed by atoms with E-state index in [1.807, 2.05) is 42.0 Å². The van der Waals surface area contributed by atoms with Gasteiger partial charge in [0, 0.05) is 17.5 Å². The predicted octanol–water partition coefficient (Wildman–Crippen LogP) is 3.25. The summed E-state index contributed by atoms with van der Waals surface area (Å²) in [4.78, 5) is 17.2. The minimum absolute atomic E-state index is 0.0487. The number of benzene rings is 1. The Hall–Kier alpha value is -3.13. The Kier molecular flexibility index (Phi) is 4.30. The van der Waals surface area contributed by atoms with Gasteiger partial charge in [-0.2, -0.15) is 5.26 Å². The van der Waals surface area contributed by atoms with E-state index in [0.29, 0.717) is 17.7 Å². The van der Waals surface area contributed by atoms with E-state index in [-0.39, 0.29) is 12.3 Å². The maximum Gasteiger partial charge on any atom is 0.186 e. The van der Waals surface area contributed by atoms with Crippen LogP contribution >= 0.6 is 0 Å². The molecule has 1 aromatic carbocycles. The van der Waals surface area contributed by atoms with Crippen LogP contribution in [0.15, 0.2) is 42.6 Å². The molecule has 2 aliphatic rings. The molecule has 0 bridgehead atoms. The van der Waals surface area contributed by atoms with Crippen molar-refractivity contribution in [3.05, 3.63) is 59.4 Å². The molecule has 0 saturated heterocycles. The number of nitrogens with zero attached hydrogens (tertiary/aromatic N) is 3. The second kappa shape index (κ2) is 6.55. The van der Waals surface area contributed by atoms with E-state index in [1.165, 1.54) is 0 Å². The number of hydrogen-bond donors (Lipinski definition) is 0. The Morgan fingerprint density at radius 2 is 2.08 bits per heavy atom. The Bertz CT molecular complexity index is 905. The van der Waals surface area contributed by atoms with Gasteiger partial charge in [0.1, 0.15) is 11.6 Å². The van der Waals surface area contributed by atoms with E-state index < -0.39 is 0 Å². The summed E-state index contributed by atoms with van der Waals surface area (Å²) in [7, 11) is 1.55. The third-order valence-corrected chi connectivity index (χ3v) is 4.05. The summed E-state index contributed by atoms with van der Waals surface area (Å²) in [6.07, 6.45) is 2.14. The van der Waals surface area contributed by atoms with E-state index in [1.54, 1.807) is 19.2 Å². The first kappa shape index (κ1) is 15.8. The second-order valence-electron chi connectivity index (χ2n) is 5.51. The molecule has 5 nitrogen and oxygen atoms in total. The molecule has 0 saturated carbocycles. The molecule has 0 spiro atoms. The van der Waals surface area contributed by atoms with Crippen molar-refractivity contribution < 1.29 is 9.53 Å². The van der Waals surface area contributed by atoms with E-state index in [0.717, 1.165) is 22.6 Å². The first-order valence-corrected chi connectivity index (χ1v) is 7.63. The maximum absolute atomic E-state index is 12.7. The number of aryl methyl sites for hydroxylation is 1. The monoisotopic (exact) mass is 319 g/mol. The van der Waals surface area contributed by atoms with Crippen LogP contribution in [0.4, 0.5) is 0 Å². The van der Waals surface area contributed by atoms with Gasteiger partial charge in [0.15, 0.2) is 5.78 Å². The Morgan fingerprint density at radius 3 is 2.83 bits per heavy atom. The largest absolute Gasteiger partial charge is 0.496 e. The molecule has 0 aromatic heterocycles. The van der Waals surface area contributed by atoms with Crippen LogP contribution in [-0.4, -0.2) is 22.4 Å². The summed E-state index contributed by atoms with van der Waals surface area (Å²) in [6, 6.07) is 13.2. The summed E-state index contributed by atoms with van der Waals surface area (Å²) >= 11 is 0. The van der Waals surface area contributed by atoms with Crippen LogP contribution in [0.2, 0.25) is 0 Å². The van der Waals surface area contributed by atoms with Crippen LogP contribution in [0.5, 0.6) is 5.75 Å². The molecule has 1 aromatic rings. The van der Waals surface area contributed by atoms with Gasteiger partial charge in [0.25, 0.3) is 0 Å². The average Bonchev–Trinajstić information content (AvgIpc) is 2.92. The molecule has 5 heteroatoms. The summed E-state index contributed by atoms with van der Waals surface area (Å²) < 4.78 is 7.08. The highest BCUT2D eigenvalue weighted by Crippen LogP contribution is 2.29. The number of aromatic nitrogens is 2. The van der Waals surface area contributed by atoms with E-state index in [2.05, 4.69) is 11.1 Å². The average molecular weight is 319 g/mol. The summed E-state index contributed by atoms with van der Waals surface area (Å²) in [5, 5.41) is 8.99. The lowest BCUT2D eigenvalue weighted by atomic mass is 10.1. The third kappa shape index (κ3) is 2.74. The number of nitriles is 1. The normalized spacial score (nSPS) is 10.5. The van der Waals surface area contributed by atoms with E-state index in [4.69, 9.17) is 10.00 Å². The van der Waals surface area contributed by atoms with Crippen molar-refractivity contribution in [1.29, 1.82) is 5.26 Å². The summed E-state index contributed by atoms with van der Waals surface area (Å²) in [5.74, 6) is 1.24. The summed E-state index contributed by atoms with van der Waals surface area (Å²) in [6.45, 7) is 2.05. The number of ether oxygens (including phenoxy) is 1. The van der Waals surface area contributed by atoms with Crippen LogP contribution in [0.3, 0.4) is 0 Å². The highest BCUT2D eigenvalue weighted by Gasteiger charge is 2.20. The minimum Gasteiger partial charge on any atom is -0.496 e. The number of rotatable bonds is 5. The lowest BCUT2D eigenvalue weighted by Crippen LogP contribution is -2.13. The molecule has 2 heterocycles. The number of para-hydroxylation sites is 1. The SMILES string of the molecule is COc1ccccc1C(=O)Cn1cccc2c(CC#N)c(C)nc1-2. The molecule has 0 atom stereocenters. The third-order valence-electron chi connectivity index (χ3n) is 4.05. The molecule has 24 heavy (non-hydrogen) atoms. The highest BCUT2D eigenvalue weighted by molar-refractivity contribution is 5.98. The topological polar surface area (TPSA) is 67.9 Å². The number of Topliss-reactive ketones (excluding diaryl/α,β-unsaturated/α-hetero) is 1. The molecular formula is C19H17N3O2. The Labute approximate surface area is 140 Å². The molecule has 0 aliphatic carbocycles. The Balaban J connectivity index is 1.96. The maximum atomic E-state index is 12.7. The van der Waals surface area contributed by atoms with Gasteiger partial charge in [-0.25, -0.2) is 4.98 Å². The number of hydrogen-bond acceptors (Lipinski definition) is 4. The van der Waals surface area contributed by atoms with Crippen molar-refractivity contribution in [1.82, 2.24) is 9.55 Å². The highest BCUT2D eigenvalue weighted by atomic mass is 16.5. The minimum atomic E-state index is -0.0487. The van der Waals surface area contributed by atoms with E-state index in [9.17, 15) is 4.79 Å². The molecule has 0 radical (unpaired) electrons. The van der Waals surface area contributed by atoms with Gasteiger partial charge in [-0.3, -0.25) is 4.79 Å². The predicted molar refractivity (Wildman–Crippen MR) is 90.2 cm³/mol. The zero-order chi connectivity index (χ0) is 17.1. The smallest absolute Gasteiger partial charge is 0.186 e. The number of pyridine rings is 1. The molecule has 0 unspecified atom stereocenters. The fraction of sp³-hybridized carbons (Fsp3) is 0.211. The van der Waals surface area contributed by atoms with Crippen molar-refractivity contribution in [3.8, 4) is 23.2 Å². The fourth-order valence-corrected chi connectivity index (χ4v) is 2.87. The number of carbonyl (C=O) groups excluding carboxylic acids is 1. The number of ketones is 1. The van der Waals surface area contributed by atoms with Gasteiger partial charge in [-0.1, -0.05) is 12.1 Å². The Morgan fingerprint density at radius 1 is 1.29 bits per heavy atom. The molecule has 0 amide bonds. The van der Waals surface area contributed by atoms with Crippen molar-refractivity contribution in [2.45, 2.75) is 19.9 Å². The zero-order valence-corrected chi connectivity index (χ0v) is 13.6. The van der Waals surface area contributed by atoms with Crippen molar-refractivity contribution in [2.24, 2.45) is 0 Å².